The maximum absolute atomic E-state index is 13.0. The van der Waals surface area contributed by atoms with E-state index in [4.69, 9.17) is 5.73 Å². The number of benzene rings is 1. The Labute approximate surface area is 90.5 Å². The molecule has 1 aromatic rings. The van der Waals surface area contributed by atoms with Gasteiger partial charge in [0.25, 0.3) is 0 Å². The van der Waals surface area contributed by atoms with E-state index in [1.165, 1.54) is 19.3 Å². The Hall–Kier alpha value is -0.890. The standard InChI is InChI=1S/C13H18FN/c14-8-13(11-2-1-3-11)12-6-4-10(9-15)5-7-12/h4-7,11,13H,1-3,8-9,15H2. The third kappa shape index (κ3) is 2.20. The van der Waals surface area contributed by atoms with Crippen LogP contribution in [0.15, 0.2) is 24.3 Å². The summed E-state index contributed by atoms with van der Waals surface area (Å²) in [5.74, 6) is 0.685. The number of halogens is 1. The summed E-state index contributed by atoms with van der Waals surface area (Å²) in [6, 6.07) is 8.09. The minimum atomic E-state index is -0.230. The molecule has 1 atom stereocenters. The molecular weight excluding hydrogens is 189 g/mol. The molecule has 2 rings (SSSR count). The molecule has 0 amide bonds. The van der Waals surface area contributed by atoms with Crippen LogP contribution in [-0.2, 0) is 6.54 Å². The van der Waals surface area contributed by atoms with E-state index in [1.54, 1.807) is 0 Å². The van der Waals surface area contributed by atoms with Gasteiger partial charge in [-0.15, -0.1) is 0 Å². The highest BCUT2D eigenvalue weighted by Gasteiger charge is 2.28. The summed E-state index contributed by atoms with van der Waals surface area (Å²) in [6.07, 6.45) is 3.64. The highest BCUT2D eigenvalue weighted by atomic mass is 19.1. The van der Waals surface area contributed by atoms with Crippen molar-refractivity contribution in [3.8, 4) is 0 Å². The van der Waals surface area contributed by atoms with Crippen LogP contribution in [0.25, 0.3) is 0 Å². The van der Waals surface area contributed by atoms with E-state index < -0.39 is 0 Å². The van der Waals surface area contributed by atoms with Gasteiger partial charge in [0, 0.05) is 12.5 Å². The number of hydrogen-bond acceptors (Lipinski definition) is 1. The van der Waals surface area contributed by atoms with Gasteiger partial charge in [-0.1, -0.05) is 30.7 Å². The van der Waals surface area contributed by atoms with Crippen molar-refractivity contribution in [3.05, 3.63) is 35.4 Å². The fraction of sp³-hybridized carbons (Fsp3) is 0.538. The molecule has 0 aliphatic heterocycles. The van der Waals surface area contributed by atoms with E-state index >= 15 is 0 Å². The van der Waals surface area contributed by atoms with Crippen LogP contribution < -0.4 is 5.73 Å². The zero-order valence-corrected chi connectivity index (χ0v) is 8.95. The van der Waals surface area contributed by atoms with Gasteiger partial charge < -0.3 is 5.73 Å². The highest BCUT2D eigenvalue weighted by Crippen LogP contribution is 2.39. The molecule has 15 heavy (non-hydrogen) atoms. The van der Waals surface area contributed by atoms with Crippen LogP contribution in [0.5, 0.6) is 0 Å². The molecule has 0 heterocycles. The summed E-state index contributed by atoms with van der Waals surface area (Å²) in [5.41, 5.74) is 7.79. The molecule has 1 fully saturated rings. The maximum atomic E-state index is 13.0. The Bertz CT molecular complexity index is 303. The number of hydrogen-bond donors (Lipinski definition) is 1. The summed E-state index contributed by atoms with van der Waals surface area (Å²) in [5, 5.41) is 0. The molecule has 0 spiro atoms. The third-order valence-electron chi connectivity index (χ3n) is 3.53. The van der Waals surface area contributed by atoms with Gasteiger partial charge >= 0.3 is 0 Å². The summed E-state index contributed by atoms with van der Waals surface area (Å²) in [7, 11) is 0. The second-order valence-electron chi connectivity index (χ2n) is 4.40. The highest BCUT2D eigenvalue weighted by molar-refractivity contribution is 5.26. The average molecular weight is 207 g/mol. The van der Waals surface area contributed by atoms with E-state index in [9.17, 15) is 4.39 Å². The van der Waals surface area contributed by atoms with E-state index in [-0.39, 0.29) is 12.6 Å². The van der Waals surface area contributed by atoms with Crippen LogP contribution in [-0.4, -0.2) is 6.67 Å². The first-order valence-corrected chi connectivity index (χ1v) is 5.70. The Kier molecular flexibility index (Phi) is 3.37. The maximum Gasteiger partial charge on any atom is 0.0965 e. The summed E-state index contributed by atoms with van der Waals surface area (Å²) >= 11 is 0. The largest absolute Gasteiger partial charge is 0.326 e. The summed E-state index contributed by atoms with van der Waals surface area (Å²) < 4.78 is 13.0. The lowest BCUT2D eigenvalue weighted by atomic mass is 9.73. The Morgan fingerprint density at radius 3 is 2.33 bits per heavy atom. The first-order chi connectivity index (χ1) is 7.35. The molecule has 1 saturated carbocycles. The van der Waals surface area contributed by atoms with Crippen molar-refractivity contribution in [1.29, 1.82) is 0 Å². The zero-order chi connectivity index (χ0) is 10.7. The fourth-order valence-corrected chi connectivity index (χ4v) is 2.23. The summed E-state index contributed by atoms with van der Waals surface area (Å²) in [4.78, 5) is 0. The normalized spacial score (nSPS) is 18.5. The first-order valence-electron chi connectivity index (χ1n) is 5.70. The lowest BCUT2D eigenvalue weighted by molar-refractivity contribution is 0.227. The molecule has 0 saturated heterocycles. The van der Waals surface area contributed by atoms with Crippen molar-refractivity contribution >= 4 is 0 Å². The Balaban J connectivity index is 2.11. The molecule has 1 aliphatic carbocycles. The average Bonchev–Trinajstić information content (AvgIpc) is 2.23. The molecule has 2 heteroatoms. The molecule has 1 aromatic carbocycles. The number of alkyl halides is 1. The van der Waals surface area contributed by atoms with Crippen molar-refractivity contribution in [2.75, 3.05) is 6.67 Å². The smallest absolute Gasteiger partial charge is 0.0965 e. The predicted molar refractivity (Wildman–Crippen MR) is 60.4 cm³/mol. The predicted octanol–water partition coefficient (Wildman–Crippen LogP) is 3.00. The van der Waals surface area contributed by atoms with Crippen molar-refractivity contribution in [2.45, 2.75) is 31.7 Å². The van der Waals surface area contributed by atoms with Crippen molar-refractivity contribution in [3.63, 3.8) is 0 Å². The van der Waals surface area contributed by atoms with Gasteiger partial charge in [0.1, 0.15) is 0 Å². The molecule has 0 aromatic heterocycles. The van der Waals surface area contributed by atoms with Crippen molar-refractivity contribution in [2.24, 2.45) is 11.7 Å². The van der Waals surface area contributed by atoms with Gasteiger partial charge in [0.05, 0.1) is 6.67 Å². The molecule has 1 unspecified atom stereocenters. The van der Waals surface area contributed by atoms with E-state index in [0.717, 1.165) is 11.1 Å². The van der Waals surface area contributed by atoms with Crippen LogP contribution in [0.3, 0.4) is 0 Å². The van der Waals surface area contributed by atoms with E-state index in [0.29, 0.717) is 12.5 Å². The van der Waals surface area contributed by atoms with Crippen LogP contribution in [0.2, 0.25) is 0 Å². The third-order valence-corrected chi connectivity index (χ3v) is 3.53. The lowest BCUT2D eigenvalue weighted by Gasteiger charge is -2.32. The minimum absolute atomic E-state index is 0.116. The van der Waals surface area contributed by atoms with Gasteiger partial charge in [0.2, 0.25) is 0 Å². The molecule has 82 valence electrons. The fourth-order valence-electron chi connectivity index (χ4n) is 2.23. The van der Waals surface area contributed by atoms with Gasteiger partial charge in [-0.25, -0.2) is 0 Å². The zero-order valence-electron chi connectivity index (χ0n) is 8.95. The van der Waals surface area contributed by atoms with Crippen LogP contribution in [0, 0.1) is 5.92 Å². The van der Waals surface area contributed by atoms with Crippen molar-refractivity contribution in [1.82, 2.24) is 0 Å². The molecule has 2 N–H and O–H groups in total. The SMILES string of the molecule is NCc1ccc(C(CF)C2CCC2)cc1. The molecule has 0 bridgehead atoms. The number of rotatable bonds is 4. The minimum Gasteiger partial charge on any atom is -0.326 e. The van der Waals surface area contributed by atoms with Gasteiger partial charge in [-0.05, 0) is 29.9 Å². The van der Waals surface area contributed by atoms with Gasteiger partial charge in [-0.2, -0.15) is 0 Å². The monoisotopic (exact) mass is 207 g/mol. The molecule has 0 radical (unpaired) electrons. The lowest BCUT2D eigenvalue weighted by Crippen LogP contribution is -2.21. The molecular formula is C13H18FN. The van der Waals surface area contributed by atoms with Crippen LogP contribution >= 0.6 is 0 Å². The van der Waals surface area contributed by atoms with Crippen LogP contribution in [0.4, 0.5) is 4.39 Å². The topological polar surface area (TPSA) is 26.0 Å². The summed E-state index contributed by atoms with van der Waals surface area (Å²) in [6.45, 7) is 0.330. The van der Waals surface area contributed by atoms with Gasteiger partial charge in [0.15, 0.2) is 0 Å². The second-order valence-corrected chi connectivity index (χ2v) is 4.40. The molecule has 1 aliphatic rings. The molecule has 1 nitrogen and oxygen atoms in total. The van der Waals surface area contributed by atoms with Crippen LogP contribution in [0.1, 0.15) is 36.3 Å². The quantitative estimate of drug-likeness (QED) is 0.807. The van der Waals surface area contributed by atoms with E-state index in [1.807, 2.05) is 24.3 Å². The van der Waals surface area contributed by atoms with Gasteiger partial charge in [-0.3, -0.25) is 4.39 Å². The van der Waals surface area contributed by atoms with Crippen molar-refractivity contribution < 1.29 is 4.39 Å². The number of nitrogens with two attached hydrogens (primary N) is 1. The first kappa shape index (κ1) is 10.6. The Morgan fingerprint density at radius 2 is 1.93 bits per heavy atom. The Morgan fingerprint density at radius 1 is 1.27 bits per heavy atom. The second kappa shape index (κ2) is 4.75. The van der Waals surface area contributed by atoms with E-state index in [2.05, 4.69) is 0 Å².